The zero-order valence-corrected chi connectivity index (χ0v) is 12.5. The fraction of sp³-hybridized carbons (Fsp3) is 0.643. The maximum atomic E-state index is 12.1. The number of nitrogens with zero attached hydrogens (tertiary/aromatic N) is 2. The van der Waals surface area contributed by atoms with Crippen LogP contribution in [0.5, 0.6) is 0 Å². The van der Waals surface area contributed by atoms with E-state index in [1.807, 2.05) is 11.5 Å². The highest BCUT2D eigenvalue weighted by molar-refractivity contribution is 5.67. The van der Waals surface area contributed by atoms with Crippen molar-refractivity contribution in [3.05, 3.63) is 20.8 Å². The summed E-state index contributed by atoms with van der Waals surface area (Å²) in [5.74, 6) is 0.811. The molecule has 0 radical (unpaired) electrons. The average Bonchev–Trinajstić information content (AvgIpc) is 2.85. The molecule has 1 aliphatic rings. The molecule has 0 unspecified atom stereocenters. The Hall–Kier alpha value is -2.05. The van der Waals surface area contributed by atoms with Crippen LogP contribution in [0.15, 0.2) is 9.59 Å². The van der Waals surface area contributed by atoms with Crippen molar-refractivity contribution in [2.45, 2.75) is 51.6 Å². The summed E-state index contributed by atoms with van der Waals surface area (Å²) in [4.78, 5) is 29.4. The molecule has 0 saturated heterocycles. The number of imidazole rings is 1. The topological polar surface area (TPSA) is 86.6 Å². The minimum atomic E-state index is -0.402. The zero-order chi connectivity index (χ0) is 15.0. The first kappa shape index (κ1) is 13.9. The van der Waals surface area contributed by atoms with Crippen molar-refractivity contribution in [2.75, 3.05) is 5.32 Å². The maximum absolute atomic E-state index is 12.1. The summed E-state index contributed by atoms with van der Waals surface area (Å²) in [6.07, 6.45) is 6.07. The van der Waals surface area contributed by atoms with Crippen molar-refractivity contribution < 1.29 is 4.57 Å². The fourth-order valence-corrected chi connectivity index (χ4v) is 3.16. The molecule has 21 heavy (non-hydrogen) atoms. The third kappa shape index (κ3) is 2.36. The van der Waals surface area contributed by atoms with E-state index in [2.05, 4.69) is 15.3 Å². The van der Waals surface area contributed by atoms with E-state index < -0.39 is 5.69 Å². The van der Waals surface area contributed by atoms with Gasteiger partial charge in [-0.25, -0.2) is 14.3 Å². The standard InChI is InChI=1S/C14H21N5O2/c1-3-19-10-11(18(2)14(21)17-12(10)20)16-13(19)15-9-7-5-4-6-8-9/h9H,3-8H2,1-2H3,(H2,15,16,17,20,21)/p+1. The van der Waals surface area contributed by atoms with Gasteiger partial charge in [-0.3, -0.25) is 19.7 Å². The second-order valence-corrected chi connectivity index (χ2v) is 5.71. The predicted octanol–water partition coefficient (Wildman–Crippen LogP) is 0.607. The molecular formula is C14H22N5O2+. The summed E-state index contributed by atoms with van der Waals surface area (Å²) in [5, 5.41) is 3.50. The normalized spacial score (nSPS) is 16.5. The molecule has 114 valence electrons. The molecule has 2 aromatic heterocycles. The third-order valence-electron chi connectivity index (χ3n) is 4.34. The zero-order valence-electron chi connectivity index (χ0n) is 12.5. The molecular weight excluding hydrogens is 270 g/mol. The van der Waals surface area contributed by atoms with Crippen LogP contribution >= 0.6 is 0 Å². The average molecular weight is 292 g/mol. The summed E-state index contributed by atoms with van der Waals surface area (Å²) in [5.41, 5.74) is 0.325. The lowest BCUT2D eigenvalue weighted by Crippen LogP contribution is -2.42. The van der Waals surface area contributed by atoms with E-state index in [1.54, 1.807) is 7.05 Å². The van der Waals surface area contributed by atoms with Crippen molar-refractivity contribution in [3.63, 3.8) is 0 Å². The van der Waals surface area contributed by atoms with Gasteiger partial charge in [-0.15, -0.1) is 0 Å². The van der Waals surface area contributed by atoms with Crippen molar-refractivity contribution in [1.82, 2.24) is 14.5 Å². The number of anilines is 1. The molecule has 0 bridgehead atoms. The number of hydrogen-bond donors (Lipinski definition) is 3. The molecule has 7 nitrogen and oxygen atoms in total. The highest BCUT2D eigenvalue weighted by Gasteiger charge is 2.25. The molecule has 3 N–H and O–H groups in total. The molecule has 0 amide bonds. The second kappa shape index (κ2) is 5.38. The third-order valence-corrected chi connectivity index (χ3v) is 4.34. The van der Waals surface area contributed by atoms with Gasteiger partial charge in [-0.05, 0) is 19.8 Å². The summed E-state index contributed by atoms with van der Waals surface area (Å²) >= 11 is 0. The SMILES string of the molecule is CC[n+]1c(NC2CCCCC2)[nH]c2c1c(=O)[nH]c(=O)n2C. The lowest BCUT2D eigenvalue weighted by molar-refractivity contribution is -0.654. The Morgan fingerprint density at radius 2 is 1.95 bits per heavy atom. The number of nitrogens with one attached hydrogen (secondary N) is 3. The van der Waals surface area contributed by atoms with Gasteiger partial charge in [-0.1, -0.05) is 19.3 Å². The second-order valence-electron chi connectivity index (χ2n) is 5.71. The molecule has 2 aromatic rings. The van der Waals surface area contributed by atoms with Crippen LogP contribution in [-0.2, 0) is 13.6 Å². The maximum Gasteiger partial charge on any atom is 0.357 e. The van der Waals surface area contributed by atoms with E-state index in [0.717, 1.165) is 18.8 Å². The quantitative estimate of drug-likeness (QED) is 0.724. The monoisotopic (exact) mass is 292 g/mol. The fourth-order valence-electron chi connectivity index (χ4n) is 3.16. The van der Waals surface area contributed by atoms with E-state index in [4.69, 9.17) is 0 Å². The summed E-state index contributed by atoms with van der Waals surface area (Å²) in [6, 6.07) is 0.431. The minimum Gasteiger partial charge on any atom is -0.275 e. The van der Waals surface area contributed by atoms with Gasteiger partial charge in [0.05, 0.1) is 12.6 Å². The lowest BCUT2D eigenvalue weighted by atomic mass is 9.96. The van der Waals surface area contributed by atoms with Gasteiger partial charge >= 0.3 is 11.6 Å². The van der Waals surface area contributed by atoms with Crippen LogP contribution in [0.3, 0.4) is 0 Å². The van der Waals surface area contributed by atoms with Gasteiger partial charge < -0.3 is 0 Å². The Kier molecular flexibility index (Phi) is 3.57. The molecule has 3 rings (SSSR count). The Bertz CT molecular complexity index is 764. The van der Waals surface area contributed by atoms with Crippen LogP contribution < -0.4 is 21.1 Å². The van der Waals surface area contributed by atoms with Crippen LogP contribution in [0, 0.1) is 0 Å². The van der Waals surface area contributed by atoms with Crippen molar-refractivity contribution in [3.8, 4) is 0 Å². The summed E-state index contributed by atoms with van der Waals surface area (Å²) < 4.78 is 3.34. The highest BCUT2D eigenvalue weighted by atomic mass is 16.2. The van der Waals surface area contributed by atoms with Crippen LogP contribution in [0.25, 0.3) is 11.2 Å². The predicted molar refractivity (Wildman–Crippen MR) is 80.5 cm³/mol. The molecule has 1 saturated carbocycles. The molecule has 1 fully saturated rings. The van der Waals surface area contributed by atoms with Gasteiger partial charge in [0.2, 0.25) is 11.2 Å². The molecule has 0 aliphatic heterocycles. The number of hydrogen-bond acceptors (Lipinski definition) is 3. The molecule has 0 aromatic carbocycles. The minimum absolute atomic E-state index is 0.345. The van der Waals surface area contributed by atoms with E-state index in [-0.39, 0.29) is 5.56 Å². The number of aromatic nitrogens is 4. The van der Waals surface area contributed by atoms with E-state index in [9.17, 15) is 9.59 Å². The van der Waals surface area contributed by atoms with Crippen LogP contribution in [-0.4, -0.2) is 20.6 Å². The summed E-state index contributed by atoms with van der Waals surface area (Å²) in [6.45, 7) is 2.65. The smallest absolute Gasteiger partial charge is 0.275 e. The van der Waals surface area contributed by atoms with Crippen molar-refractivity contribution >= 4 is 17.1 Å². The number of aryl methyl sites for hydroxylation is 2. The Morgan fingerprint density at radius 1 is 1.24 bits per heavy atom. The largest absolute Gasteiger partial charge is 0.357 e. The molecule has 2 heterocycles. The van der Waals surface area contributed by atoms with Gasteiger partial charge in [0.1, 0.15) is 0 Å². The molecule has 0 atom stereocenters. The van der Waals surface area contributed by atoms with Crippen molar-refractivity contribution in [2.24, 2.45) is 7.05 Å². The Morgan fingerprint density at radius 3 is 2.62 bits per heavy atom. The van der Waals surface area contributed by atoms with Crippen LogP contribution in [0.1, 0.15) is 39.0 Å². The lowest BCUT2D eigenvalue weighted by Gasteiger charge is -2.19. The first-order valence-electron chi connectivity index (χ1n) is 7.63. The van der Waals surface area contributed by atoms with Gasteiger partial charge in [0.15, 0.2) is 0 Å². The van der Waals surface area contributed by atoms with Crippen LogP contribution in [0.4, 0.5) is 5.95 Å². The summed E-state index contributed by atoms with van der Waals surface area (Å²) in [7, 11) is 1.65. The van der Waals surface area contributed by atoms with Gasteiger partial charge in [-0.2, -0.15) is 0 Å². The number of fused-ring (bicyclic) bond motifs is 1. The molecule has 1 aliphatic carbocycles. The Labute approximate surface area is 122 Å². The first-order chi connectivity index (χ1) is 10.1. The number of aromatic amines is 2. The number of H-pyrrole nitrogens is 2. The van der Waals surface area contributed by atoms with Crippen LogP contribution in [0.2, 0.25) is 0 Å². The van der Waals surface area contributed by atoms with E-state index in [0.29, 0.717) is 23.8 Å². The van der Waals surface area contributed by atoms with Gasteiger partial charge in [0, 0.05) is 7.05 Å². The molecule has 7 heteroatoms. The number of rotatable bonds is 3. The van der Waals surface area contributed by atoms with Crippen molar-refractivity contribution in [1.29, 1.82) is 0 Å². The Balaban J connectivity index is 2.10. The van der Waals surface area contributed by atoms with E-state index in [1.165, 1.54) is 23.8 Å². The first-order valence-corrected chi connectivity index (χ1v) is 7.63. The van der Waals surface area contributed by atoms with E-state index >= 15 is 0 Å². The molecule has 0 spiro atoms. The highest BCUT2D eigenvalue weighted by Crippen LogP contribution is 2.20. The van der Waals surface area contributed by atoms with Gasteiger partial charge in [0.25, 0.3) is 5.56 Å².